The van der Waals surface area contributed by atoms with Crippen molar-refractivity contribution in [1.29, 1.82) is 0 Å². The fraction of sp³-hybridized carbons (Fsp3) is 0.462. The molecule has 1 aliphatic heterocycles. The Hall–Kier alpha value is -1.67. The van der Waals surface area contributed by atoms with Crippen molar-refractivity contribution >= 4 is 5.97 Å². The summed E-state index contributed by atoms with van der Waals surface area (Å²) in [6.45, 7) is 1.49. The highest BCUT2D eigenvalue weighted by molar-refractivity contribution is 5.89. The summed E-state index contributed by atoms with van der Waals surface area (Å²) in [5.41, 5.74) is 0.159. The molecule has 4 N–H and O–H groups in total. The van der Waals surface area contributed by atoms with Gasteiger partial charge in [-0.25, -0.2) is 4.79 Å². The van der Waals surface area contributed by atoms with Gasteiger partial charge in [0.15, 0.2) is 0 Å². The molecule has 2 rings (SSSR count). The molecule has 110 valence electrons. The number of phenols is 1. The maximum absolute atomic E-state index is 11.8. The molecule has 0 aliphatic carbocycles. The molecule has 1 fully saturated rings. The SMILES string of the molecule is CC1OC(OC(=O)c2ccc(O)cc2)C(O)C(O)C1O. The van der Waals surface area contributed by atoms with Crippen LogP contribution in [0.1, 0.15) is 17.3 Å². The summed E-state index contributed by atoms with van der Waals surface area (Å²) >= 11 is 0. The lowest BCUT2D eigenvalue weighted by atomic mass is 10.00. The Morgan fingerprint density at radius 1 is 1.10 bits per heavy atom. The van der Waals surface area contributed by atoms with Crippen molar-refractivity contribution in [1.82, 2.24) is 0 Å². The molecule has 1 heterocycles. The molecule has 0 aromatic heterocycles. The number of rotatable bonds is 2. The molecule has 1 aliphatic rings. The van der Waals surface area contributed by atoms with Gasteiger partial charge in [0.1, 0.15) is 24.1 Å². The van der Waals surface area contributed by atoms with Crippen LogP contribution in [0.25, 0.3) is 0 Å². The number of esters is 1. The lowest BCUT2D eigenvalue weighted by molar-refractivity contribution is -0.276. The Labute approximate surface area is 115 Å². The van der Waals surface area contributed by atoms with E-state index in [1.807, 2.05) is 0 Å². The molecular formula is C13H16O7. The number of benzene rings is 1. The predicted molar refractivity (Wildman–Crippen MR) is 65.9 cm³/mol. The number of hydrogen-bond acceptors (Lipinski definition) is 7. The molecule has 0 amide bonds. The molecule has 7 heteroatoms. The summed E-state index contributed by atoms with van der Waals surface area (Å²) in [6.07, 6.45) is -6.41. The molecule has 0 radical (unpaired) electrons. The third-order valence-electron chi connectivity index (χ3n) is 3.13. The summed E-state index contributed by atoms with van der Waals surface area (Å²) in [5.74, 6) is -0.771. The van der Waals surface area contributed by atoms with Gasteiger partial charge in [-0.1, -0.05) is 0 Å². The van der Waals surface area contributed by atoms with Crippen LogP contribution in [-0.4, -0.2) is 57.1 Å². The minimum Gasteiger partial charge on any atom is -0.508 e. The van der Waals surface area contributed by atoms with Crippen molar-refractivity contribution in [2.24, 2.45) is 0 Å². The first-order valence-electron chi connectivity index (χ1n) is 6.10. The Morgan fingerprint density at radius 2 is 1.70 bits per heavy atom. The average molecular weight is 284 g/mol. The monoisotopic (exact) mass is 284 g/mol. The van der Waals surface area contributed by atoms with Crippen molar-refractivity contribution in [2.75, 3.05) is 0 Å². The van der Waals surface area contributed by atoms with Crippen LogP contribution in [0.15, 0.2) is 24.3 Å². The van der Waals surface area contributed by atoms with Gasteiger partial charge in [0.2, 0.25) is 6.29 Å². The van der Waals surface area contributed by atoms with E-state index in [9.17, 15) is 20.1 Å². The summed E-state index contributed by atoms with van der Waals surface area (Å²) in [6, 6.07) is 5.33. The van der Waals surface area contributed by atoms with Gasteiger partial charge >= 0.3 is 5.97 Å². The summed E-state index contributed by atoms with van der Waals surface area (Å²) < 4.78 is 10.1. The van der Waals surface area contributed by atoms with E-state index < -0.39 is 36.7 Å². The van der Waals surface area contributed by atoms with Crippen molar-refractivity contribution < 1.29 is 34.7 Å². The molecule has 1 aromatic rings. The molecule has 7 nitrogen and oxygen atoms in total. The van der Waals surface area contributed by atoms with Gasteiger partial charge in [-0.2, -0.15) is 0 Å². The van der Waals surface area contributed by atoms with Crippen LogP contribution in [0, 0.1) is 0 Å². The van der Waals surface area contributed by atoms with E-state index in [0.29, 0.717) is 0 Å². The number of aromatic hydroxyl groups is 1. The Balaban J connectivity index is 2.05. The number of aliphatic hydroxyl groups is 3. The zero-order valence-corrected chi connectivity index (χ0v) is 10.7. The van der Waals surface area contributed by atoms with Crippen LogP contribution in [-0.2, 0) is 9.47 Å². The van der Waals surface area contributed by atoms with Gasteiger partial charge in [0.25, 0.3) is 0 Å². The fourth-order valence-electron chi connectivity index (χ4n) is 1.88. The molecule has 5 atom stereocenters. The van der Waals surface area contributed by atoms with Crippen LogP contribution in [0.3, 0.4) is 0 Å². The Kier molecular flexibility index (Phi) is 4.24. The van der Waals surface area contributed by atoms with Gasteiger partial charge in [-0.15, -0.1) is 0 Å². The van der Waals surface area contributed by atoms with Crippen LogP contribution >= 0.6 is 0 Å². The smallest absolute Gasteiger partial charge is 0.340 e. The average Bonchev–Trinajstić information content (AvgIpc) is 2.43. The molecule has 20 heavy (non-hydrogen) atoms. The van der Waals surface area contributed by atoms with E-state index in [1.165, 1.54) is 31.2 Å². The lowest BCUT2D eigenvalue weighted by Gasteiger charge is -2.38. The first kappa shape index (κ1) is 14.7. The molecule has 1 aromatic carbocycles. The number of hydrogen-bond donors (Lipinski definition) is 4. The number of phenolic OH excluding ortho intramolecular Hbond substituents is 1. The van der Waals surface area contributed by atoms with Gasteiger partial charge in [-0.05, 0) is 31.2 Å². The zero-order chi connectivity index (χ0) is 14.9. The molecule has 1 saturated heterocycles. The van der Waals surface area contributed by atoms with Crippen molar-refractivity contribution in [3.63, 3.8) is 0 Å². The van der Waals surface area contributed by atoms with Crippen LogP contribution in [0.5, 0.6) is 5.75 Å². The molecule has 0 spiro atoms. The van der Waals surface area contributed by atoms with Crippen molar-refractivity contribution in [3.05, 3.63) is 29.8 Å². The second-order valence-electron chi connectivity index (χ2n) is 4.63. The maximum atomic E-state index is 11.8. The third-order valence-corrected chi connectivity index (χ3v) is 3.13. The summed E-state index contributed by atoms with van der Waals surface area (Å²) in [5, 5.41) is 38.0. The summed E-state index contributed by atoms with van der Waals surface area (Å²) in [4.78, 5) is 11.8. The van der Waals surface area contributed by atoms with Crippen molar-refractivity contribution in [2.45, 2.75) is 37.6 Å². The minimum atomic E-state index is -1.54. The van der Waals surface area contributed by atoms with Gasteiger partial charge < -0.3 is 29.9 Å². The van der Waals surface area contributed by atoms with Gasteiger partial charge in [0.05, 0.1) is 11.7 Å². The second kappa shape index (κ2) is 5.76. The number of aliphatic hydroxyl groups excluding tert-OH is 3. The number of carbonyl (C=O) groups is 1. The topological polar surface area (TPSA) is 116 Å². The molecule has 5 unspecified atom stereocenters. The quantitative estimate of drug-likeness (QED) is 0.535. The minimum absolute atomic E-state index is 0.00247. The highest BCUT2D eigenvalue weighted by Gasteiger charge is 2.43. The zero-order valence-electron chi connectivity index (χ0n) is 10.7. The van der Waals surface area contributed by atoms with E-state index in [-0.39, 0.29) is 11.3 Å². The van der Waals surface area contributed by atoms with E-state index in [4.69, 9.17) is 14.6 Å². The predicted octanol–water partition coefficient (Wildman–Crippen LogP) is -0.624. The number of ether oxygens (including phenoxy) is 2. The third kappa shape index (κ3) is 2.91. The first-order valence-corrected chi connectivity index (χ1v) is 6.10. The van der Waals surface area contributed by atoms with Crippen LogP contribution in [0.2, 0.25) is 0 Å². The standard InChI is InChI=1S/C13H16O7/c1-6-9(15)10(16)11(17)13(19-6)20-12(18)7-2-4-8(14)5-3-7/h2-6,9-11,13-17H,1H3. The highest BCUT2D eigenvalue weighted by atomic mass is 16.7. The second-order valence-corrected chi connectivity index (χ2v) is 4.63. The normalized spacial score (nSPS) is 33.7. The van der Waals surface area contributed by atoms with E-state index in [1.54, 1.807) is 0 Å². The summed E-state index contributed by atoms with van der Waals surface area (Å²) in [7, 11) is 0. The fourth-order valence-corrected chi connectivity index (χ4v) is 1.88. The number of carbonyl (C=O) groups excluding carboxylic acids is 1. The largest absolute Gasteiger partial charge is 0.508 e. The molecular weight excluding hydrogens is 268 g/mol. The van der Waals surface area contributed by atoms with Gasteiger partial charge in [-0.3, -0.25) is 0 Å². The highest BCUT2D eigenvalue weighted by Crippen LogP contribution is 2.23. The van der Waals surface area contributed by atoms with E-state index >= 15 is 0 Å². The Bertz CT molecular complexity index is 472. The molecule has 0 bridgehead atoms. The van der Waals surface area contributed by atoms with Gasteiger partial charge in [0, 0.05) is 0 Å². The lowest BCUT2D eigenvalue weighted by Crippen LogP contribution is -2.57. The van der Waals surface area contributed by atoms with Crippen LogP contribution in [0.4, 0.5) is 0 Å². The molecule has 0 saturated carbocycles. The van der Waals surface area contributed by atoms with Crippen molar-refractivity contribution in [3.8, 4) is 5.75 Å². The van der Waals surface area contributed by atoms with E-state index in [2.05, 4.69) is 0 Å². The first-order chi connectivity index (χ1) is 9.40. The Morgan fingerprint density at radius 3 is 2.30 bits per heavy atom. The maximum Gasteiger partial charge on any atom is 0.340 e. The van der Waals surface area contributed by atoms with E-state index in [0.717, 1.165) is 0 Å². The van der Waals surface area contributed by atoms with Crippen LogP contribution < -0.4 is 0 Å².